The fraction of sp³-hybridized carbons (Fsp3) is 0.611. The van der Waals surface area contributed by atoms with E-state index in [0.29, 0.717) is 24.3 Å². The van der Waals surface area contributed by atoms with Crippen molar-refractivity contribution in [2.45, 2.75) is 58.6 Å². The minimum Gasteiger partial charge on any atom is -0.444 e. The molecule has 0 bridgehead atoms. The SMILES string of the molecule is CCc1cn(C2CCN(C(=O)OC(C)(C)C)CC2)c2ncnc(Cl)c12. The molecule has 7 heteroatoms. The second-order valence-electron chi connectivity index (χ2n) is 7.48. The summed E-state index contributed by atoms with van der Waals surface area (Å²) in [5, 5.41) is 1.45. The van der Waals surface area contributed by atoms with E-state index in [2.05, 4.69) is 27.7 Å². The van der Waals surface area contributed by atoms with Gasteiger partial charge in [-0.2, -0.15) is 0 Å². The Morgan fingerprint density at radius 2 is 2.00 bits per heavy atom. The molecular weight excluding hydrogens is 340 g/mol. The molecular formula is C18H25ClN4O2. The molecule has 0 N–H and O–H groups in total. The first-order valence-electron chi connectivity index (χ1n) is 8.78. The molecule has 1 aliphatic heterocycles. The lowest BCUT2D eigenvalue weighted by atomic mass is 10.1. The van der Waals surface area contributed by atoms with Gasteiger partial charge in [0, 0.05) is 25.3 Å². The maximum absolute atomic E-state index is 12.2. The maximum Gasteiger partial charge on any atom is 0.410 e. The molecule has 2 aromatic rings. The molecule has 0 aliphatic carbocycles. The van der Waals surface area contributed by atoms with Gasteiger partial charge in [-0.15, -0.1) is 0 Å². The number of hydrogen-bond acceptors (Lipinski definition) is 4. The van der Waals surface area contributed by atoms with Crippen LogP contribution in [0.5, 0.6) is 0 Å². The van der Waals surface area contributed by atoms with Gasteiger partial charge in [0.1, 0.15) is 22.7 Å². The van der Waals surface area contributed by atoms with Crippen molar-refractivity contribution in [2.75, 3.05) is 13.1 Å². The first-order chi connectivity index (χ1) is 11.8. The molecule has 0 saturated carbocycles. The average Bonchev–Trinajstić information content (AvgIpc) is 2.93. The number of fused-ring (bicyclic) bond motifs is 1. The number of rotatable bonds is 2. The maximum atomic E-state index is 12.2. The second kappa shape index (κ2) is 6.83. The number of nitrogens with zero attached hydrogens (tertiary/aromatic N) is 4. The van der Waals surface area contributed by atoms with E-state index < -0.39 is 5.60 Å². The molecule has 6 nitrogen and oxygen atoms in total. The van der Waals surface area contributed by atoms with Crippen molar-refractivity contribution in [3.8, 4) is 0 Å². The molecule has 25 heavy (non-hydrogen) atoms. The fourth-order valence-electron chi connectivity index (χ4n) is 3.32. The molecule has 1 aliphatic rings. The molecule has 2 aromatic heterocycles. The van der Waals surface area contributed by atoms with E-state index in [1.807, 2.05) is 20.8 Å². The normalized spacial score (nSPS) is 16.4. The van der Waals surface area contributed by atoms with Gasteiger partial charge in [-0.25, -0.2) is 14.8 Å². The van der Waals surface area contributed by atoms with E-state index in [9.17, 15) is 4.79 Å². The van der Waals surface area contributed by atoms with Crippen molar-refractivity contribution in [1.82, 2.24) is 19.4 Å². The number of aryl methyl sites for hydroxylation is 1. The van der Waals surface area contributed by atoms with Crippen LogP contribution in [-0.2, 0) is 11.2 Å². The van der Waals surface area contributed by atoms with Gasteiger partial charge in [0.25, 0.3) is 0 Å². The van der Waals surface area contributed by atoms with Crippen LogP contribution in [0.25, 0.3) is 11.0 Å². The van der Waals surface area contributed by atoms with Gasteiger partial charge in [-0.3, -0.25) is 0 Å². The number of ether oxygens (including phenoxy) is 1. The predicted octanol–water partition coefficient (Wildman–Crippen LogP) is 4.22. The third kappa shape index (κ3) is 3.73. The van der Waals surface area contributed by atoms with Crippen LogP contribution in [0.1, 0.15) is 52.1 Å². The number of halogens is 1. The van der Waals surface area contributed by atoms with Crippen molar-refractivity contribution < 1.29 is 9.53 Å². The van der Waals surface area contributed by atoms with Crippen molar-refractivity contribution >= 4 is 28.7 Å². The van der Waals surface area contributed by atoms with Gasteiger partial charge in [-0.1, -0.05) is 18.5 Å². The first-order valence-corrected chi connectivity index (χ1v) is 9.15. The Balaban J connectivity index is 1.77. The van der Waals surface area contributed by atoms with Gasteiger partial charge < -0.3 is 14.2 Å². The largest absolute Gasteiger partial charge is 0.444 e. The zero-order valence-electron chi connectivity index (χ0n) is 15.3. The number of likely N-dealkylation sites (tertiary alicyclic amines) is 1. The van der Waals surface area contributed by atoms with Crippen LogP contribution in [0.15, 0.2) is 12.5 Å². The molecule has 1 amide bonds. The van der Waals surface area contributed by atoms with Gasteiger partial charge in [0.05, 0.1) is 5.39 Å². The number of hydrogen-bond donors (Lipinski definition) is 0. The van der Waals surface area contributed by atoms with Crippen LogP contribution in [0.4, 0.5) is 4.79 Å². The van der Waals surface area contributed by atoms with E-state index in [1.54, 1.807) is 4.90 Å². The summed E-state index contributed by atoms with van der Waals surface area (Å²) in [7, 11) is 0. The van der Waals surface area contributed by atoms with Crippen LogP contribution in [-0.4, -0.2) is 44.2 Å². The Morgan fingerprint density at radius 3 is 2.60 bits per heavy atom. The molecule has 0 aromatic carbocycles. The smallest absolute Gasteiger partial charge is 0.410 e. The Kier molecular flexibility index (Phi) is 4.91. The van der Waals surface area contributed by atoms with Gasteiger partial charge in [0.15, 0.2) is 0 Å². The lowest BCUT2D eigenvalue weighted by Gasteiger charge is -2.34. The van der Waals surface area contributed by atoms with E-state index in [4.69, 9.17) is 16.3 Å². The minimum absolute atomic E-state index is 0.233. The summed E-state index contributed by atoms with van der Waals surface area (Å²) in [6.07, 6.45) is 6.03. The number of piperidine rings is 1. The second-order valence-corrected chi connectivity index (χ2v) is 7.83. The number of carbonyl (C=O) groups is 1. The monoisotopic (exact) mass is 364 g/mol. The van der Waals surface area contributed by atoms with Crippen LogP contribution < -0.4 is 0 Å². The molecule has 136 valence electrons. The van der Waals surface area contributed by atoms with Crippen molar-refractivity contribution in [1.29, 1.82) is 0 Å². The standard InChI is InChI=1S/C18H25ClN4O2/c1-5-12-10-23(16-14(12)15(19)20-11-21-16)13-6-8-22(9-7-13)17(24)25-18(2,3)4/h10-11,13H,5-9H2,1-4H3. The Hall–Kier alpha value is -1.82. The van der Waals surface area contributed by atoms with E-state index in [1.165, 1.54) is 6.33 Å². The zero-order valence-corrected chi connectivity index (χ0v) is 16.0. The number of aromatic nitrogens is 3. The molecule has 1 fully saturated rings. The third-order valence-electron chi connectivity index (χ3n) is 4.53. The molecule has 3 heterocycles. The van der Waals surface area contributed by atoms with E-state index >= 15 is 0 Å². The zero-order chi connectivity index (χ0) is 18.2. The van der Waals surface area contributed by atoms with Gasteiger partial charge in [0.2, 0.25) is 0 Å². The van der Waals surface area contributed by atoms with Crippen LogP contribution >= 0.6 is 11.6 Å². The molecule has 0 radical (unpaired) electrons. The van der Waals surface area contributed by atoms with Crippen LogP contribution in [0, 0.1) is 0 Å². The van der Waals surface area contributed by atoms with E-state index in [0.717, 1.165) is 35.9 Å². The first kappa shape index (κ1) is 18.0. The summed E-state index contributed by atoms with van der Waals surface area (Å²) >= 11 is 6.29. The number of amides is 1. The van der Waals surface area contributed by atoms with E-state index in [-0.39, 0.29) is 6.09 Å². The summed E-state index contributed by atoms with van der Waals surface area (Å²) < 4.78 is 7.67. The Labute approximate surface area is 153 Å². The molecule has 0 unspecified atom stereocenters. The lowest BCUT2D eigenvalue weighted by molar-refractivity contribution is 0.0189. The molecule has 1 saturated heterocycles. The van der Waals surface area contributed by atoms with Gasteiger partial charge >= 0.3 is 6.09 Å². The van der Waals surface area contributed by atoms with Crippen molar-refractivity contribution in [3.63, 3.8) is 0 Å². The minimum atomic E-state index is -0.464. The topological polar surface area (TPSA) is 60.2 Å². The molecule has 0 spiro atoms. The lowest BCUT2D eigenvalue weighted by Crippen LogP contribution is -2.42. The highest BCUT2D eigenvalue weighted by molar-refractivity contribution is 6.34. The Morgan fingerprint density at radius 1 is 1.32 bits per heavy atom. The van der Waals surface area contributed by atoms with Crippen molar-refractivity contribution in [3.05, 3.63) is 23.2 Å². The predicted molar refractivity (Wildman–Crippen MR) is 98.0 cm³/mol. The summed E-state index contributed by atoms with van der Waals surface area (Å²) in [6, 6.07) is 0.299. The molecule has 0 atom stereocenters. The summed E-state index contributed by atoms with van der Waals surface area (Å²) in [5.41, 5.74) is 1.58. The molecule has 3 rings (SSSR count). The third-order valence-corrected chi connectivity index (χ3v) is 4.82. The fourth-order valence-corrected chi connectivity index (χ4v) is 3.57. The Bertz CT molecular complexity index is 773. The van der Waals surface area contributed by atoms with Gasteiger partial charge in [-0.05, 0) is 45.6 Å². The number of carbonyl (C=O) groups excluding carboxylic acids is 1. The summed E-state index contributed by atoms with van der Waals surface area (Å²) in [5.74, 6) is 0. The van der Waals surface area contributed by atoms with Crippen LogP contribution in [0.2, 0.25) is 5.15 Å². The van der Waals surface area contributed by atoms with Crippen LogP contribution in [0.3, 0.4) is 0 Å². The van der Waals surface area contributed by atoms with Crippen molar-refractivity contribution in [2.24, 2.45) is 0 Å². The average molecular weight is 365 g/mol. The highest BCUT2D eigenvalue weighted by Crippen LogP contribution is 2.32. The summed E-state index contributed by atoms with van der Waals surface area (Å²) in [6.45, 7) is 9.13. The highest BCUT2D eigenvalue weighted by Gasteiger charge is 2.28. The quantitative estimate of drug-likeness (QED) is 0.748. The highest BCUT2D eigenvalue weighted by atomic mass is 35.5. The summed E-state index contributed by atoms with van der Waals surface area (Å²) in [4.78, 5) is 22.6.